The van der Waals surface area contributed by atoms with E-state index >= 15 is 0 Å². The Balaban J connectivity index is 2.20. The first-order valence-electron chi connectivity index (χ1n) is 6.83. The predicted octanol–water partition coefficient (Wildman–Crippen LogP) is 3.58. The Morgan fingerprint density at radius 3 is 2.68 bits per heavy atom. The van der Waals surface area contributed by atoms with Gasteiger partial charge in [0.15, 0.2) is 0 Å². The van der Waals surface area contributed by atoms with Crippen LogP contribution in [0.25, 0.3) is 11.0 Å². The maximum Gasteiger partial charge on any atom is 0.335 e. The number of aromatic carboxylic acids is 1. The maximum atomic E-state index is 11.0. The van der Waals surface area contributed by atoms with Crippen LogP contribution in [-0.2, 0) is 0 Å². The van der Waals surface area contributed by atoms with E-state index in [1.165, 1.54) is 19.3 Å². The summed E-state index contributed by atoms with van der Waals surface area (Å²) in [6.45, 7) is 4.27. The predicted molar refractivity (Wildman–Crippen MR) is 73.7 cm³/mol. The van der Waals surface area contributed by atoms with Gasteiger partial charge in [0.25, 0.3) is 0 Å². The Morgan fingerprint density at radius 2 is 2.16 bits per heavy atom. The lowest BCUT2D eigenvalue weighted by molar-refractivity contribution is 0.0697. The number of aromatic nitrogens is 2. The summed E-state index contributed by atoms with van der Waals surface area (Å²) in [7, 11) is 0. The molecule has 0 unspecified atom stereocenters. The van der Waals surface area contributed by atoms with Crippen LogP contribution < -0.4 is 0 Å². The number of carboxylic acid groups (broad SMARTS) is 1. The number of fused-ring (bicyclic) bond motifs is 1. The fraction of sp³-hybridized carbons (Fsp3) is 0.467. The number of carbonyl (C=O) groups is 1. The zero-order valence-corrected chi connectivity index (χ0v) is 11.3. The standard InChI is InChI=1S/C15H18N2O2/c1-9(2)14-16-12-8-10(15(18)19)6-7-13(12)17(14)11-4-3-5-11/h6-9,11H,3-5H2,1-2H3,(H,18,19). The summed E-state index contributed by atoms with van der Waals surface area (Å²) in [6, 6.07) is 5.79. The van der Waals surface area contributed by atoms with Gasteiger partial charge in [-0.1, -0.05) is 13.8 Å². The van der Waals surface area contributed by atoms with Crippen LogP contribution in [0.15, 0.2) is 18.2 Å². The topological polar surface area (TPSA) is 55.1 Å². The Morgan fingerprint density at radius 1 is 1.42 bits per heavy atom. The third kappa shape index (κ3) is 1.91. The Hall–Kier alpha value is -1.84. The highest BCUT2D eigenvalue weighted by Crippen LogP contribution is 2.37. The monoisotopic (exact) mass is 258 g/mol. The highest BCUT2D eigenvalue weighted by Gasteiger charge is 2.25. The summed E-state index contributed by atoms with van der Waals surface area (Å²) in [4.78, 5) is 15.7. The molecule has 4 nitrogen and oxygen atoms in total. The molecule has 0 radical (unpaired) electrons. The molecule has 0 spiro atoms. The van der Waals surface area contributed by atoms with Crippen molar-refractivity contribution in [3.63, 3.8) is 0 Å². The summed E-state index contributed by atoms with van der Waals surface area (Å²) in [5.41, 5.74) is 2.18. The van der Waals surface area contributed by atoms with Crippen LogP contribution >= 0.6 is 0 Å². The molecule has 1 aliphatic carbocycles. The van der Waals surface area contributed by atoms with E-state index in [4.69, 9.17) is 5.11 Å². The highest BCUT2D eigenvalue weighted by molar-refractivity contribution is 5.92. The molecule has 0 saturated heterocycles. The van der Waals surface area contributed by atoms with Crippen LogP contribution in [0.5, 0.6) is 0 Å². The molecule has 0 aliphatic heterocycles. The first kappa shape index (κ1) is 12.2. The number of imidazole rings is 1. The van der Waals surface area contributed by atoms with E-state index in [0.29, 0.717) is 17.5 Å². The fourth-order valence-corrected chi connectivity index (χ4v) is 2.69. The van der Waals surface area contributed by atoms with Gasteiger partial charge in [-0.15, -0.1) is 0 Å². The number of nitrogens with zero attached hydrogens (tertiary/aromatic N) is 2. The molecule has 19 heavy (non-hydrogen) atoms. The molecule has 1 heterocycles. The Labute approximate surface area is 112 Å². The molecule has 0 amide bonds. The van der Waals surface area contributed by atoms with Crippen molar-refractivity contribution in [3.8, 4) is 0 Å². The first-order valence-corrected chi connectivity index (χ1v) is 6.83. The van der Waals surface area contributed by atoms with Crippen molar-refractivity contribution in [2.24, 2.45) is 0 Å². The van der Waals surface area contributed by atoms with Crippen LogP contribution in [0.2, 0.25) is 0 Å². The van der Waals surface area contributed by atoms with Gasteiger partial charge < -0.3 is 9.67 Å². The molecule has 1 aromatic carbocycles. The number of rotatable bonds is 3. The van der Waals surface area contributed by atoms with Gasteiger partial charge in [-0.3, -0.25) is 0 Å². The molecule has 1 aliphatic rings. The normalized spacial score (nSPS) is 15.9. The molecule has 1 aromatic heterocycles. The van der Waals surface area contributed by atoms with E-state index in [1.54, 1.807) is 12.1 Å². The lowest BCUT2D eigenvalue weighted by Crippen LogP contribution is -2.19. The van der Waals surface area contributed by atoms with Gasteiger partial charge in [0.05, 0.1) is 16.6 Å². The SMILES string of the molecule is CC(C)c1nc2cc(C(=O)O)ccc2n1C1CCC1. The first-order chi connectivity index (χ1) is 9.08. The largest absolute Gasteiger partial charge is 0.478 e. The van der Waals surface area contributed by atoms with Gasteiger partial charge in [0, 0.05) is 12.0 Å². The highest BCUT2D eigenvalue weighted by atomic mass is 16.4. The molecule has 4 heteroatoms. The van der Waals surface area contributed by atoms with E-state index in [-0.39, 0.29) is 0 Å². The number of carboxylic acids is 1. The minimum Gasteiger partial charge on any atom is -0.478 e. The zero-order valence-electron chi connectivity index (χ0n) is 11.3. The molecule has 1 N–H and O–H groups in total. The van der Waals surface area contributed by atoms with Crippen molar-refractivity contribution in [1.29, 1.82) is 0 Å². The lowest BCUT2D eigenvalue weighted by atomic mass is 9.92. The number of hydrogen-bond donors (Lipinski definition) is 1. The van der Waals surface area contributed by atoms with Crippen LogP contribution in [0.1, 0.15) is 61.3 Å². The van der Waals surface area contributed by atoms with Gasteiger partial charge in [-0.05, 0) is 37.5 Å². The van der Waals surface area contributed by atoms with E-state index in [0.717, 1.165) is 16.9 Å². The molecule has 0 atom stereocenters. The molecule has 1 saturated carbocycles. The van der Waals surface area contributed by atoms with Crippen molar-refractivity contribution < 1.29 is 9.90 Å². The van der Waals surface area contributed by atoms with Gasteiger partial charge in [0.1, 0.15) is 5.82 Å². The van der Waals surface area contributed by atoms with E-state index in [2.05, 4.69) is 23.4 Å². The molecular formula is C15H18N2O2. The van der Waals surface area contributed by atoms with Crippen LogP contribution in [0.3, 0.4) is 0 Å². The van der Waals surface area contributed by atoms with Crippen LogP contribution in [0.4, 0.5) is 0 Å². The third-order valence-electron chi connectivity index (χ3n) is 3.92. The minimum absolute atomic E-state index is 0.307. The summed E-state index contributed by atoms with van der Waals surface area (Å²) < 4.78 is 2.31. The maximum absolute atomic E-state index is 11.0. The third-order valence-corrected chi connectivity index (χ3v) is 3.92. The Kier molecular flexibility index (Phi) is 2.81. The van der Waals surface area contributed by atoms with E-state index in [9.17, 15) is 4.79 Å². The van der Waals surface area contributed by atoms with Crippen molar-refractivity contribution in [3.05, 3.63) is 29.6 Å². The average Bonchev–Trinajstić information content (AvgIpc) is 2.66. The molecule has 2 aromatic rings. The van der Waals surface area contributed by atoms with Gasteiger partial charge in [0.2, 0.25) is 0 Å². The minimum atomic E-state index is -0.897. The Bertz CT molecular complexity index is 639. The van der Waals surface area contributed by atoms with Crippen molar-refractivity contribution in [1.82, 2.24) is 9.55 Å². The van der Waals surface area contributed by atoms with Gasteiger partial charge in [-0.25, -0.2) is 9.78 Å². The molecule has 0 bridgehead atoms. The molecular weight excluding hydrogens is 240 g/mol. The molecule has 100 valence electrons. The summed E-state index contributed by atoms with van der Waals surface area (Å²) in [5, 5.41) is 9.06. The van der Waals surface area contributed by atoms with Crippen LogP contribution in [0, 0.1) is 0 Å². The van der Waals surface area contributed by atoms with Crippen molar-refractivity contribution in [2.75, 3.05) is 0 Å². The summed E-state index contributed by atoms with van der Waals surface area (Å²) in [6.07, 6.45) is 3.67. The smallest absolute Gasteiger partial charge is 0.335 e. The number of benzene rings is 1. The average molecular weight is 258 g/mol. The second kappa shape index (κ2) is 4.37. The second-order valence-corrected chi connectivity index (χ2v) is 5.59. The summed E-state index contributed by atoms with van der Waals surface area (Å²) in [5.74, 6) is 0.523. The number of hydrogen-bond acceptors (Lipinski definition) is 2. The van der Waals surface area contributed by atoms with E-state index < -0.39 is 5.97 Å². The fourth-order valence-electron chi connectivity index (χ4n) is 2.69. The molecule has 3 rings (SSSR count). The van der Waals surface area contributed by atoms with Crippen LogP contribution in [-0.4, -0.2) is 20.6 Å². The lowest BCUT2D eigenvalue weighted by Gasteiger charge is -2.30. The zero-order chi connectivity index (χ0) is 13.6. The molecule has 1 fully saturated rings. The van der Waals surface area contributed by atoms with Crippen molar-refractivity contribution in [2.45, 2.75) is 45.1 Å². The van der Waals surface area contributed by atoms with Crippen molar-refractivity contribution >= 4 is 17.0 Å². The quantitative estimate of drug-likeness (QED) is 0.915. The summed E-state index contributed by atoms with van der Waals surface area (Å²) >= 11 is 0. The van der Waals surface area contributed by atoms with Gasteiger partial charge in [-0.2, -0.15) is 0 Å². The van der Waals surface area contributed by atoms with Gasteiger partial charge >= 0.3 is 5.97 Å². The van der Waals surface area contributed by atoms with E-state index in [1.807, 2.05) is 6.07 Å². The second-order valence-electron chi connectivity index (χ2n) is 5.59.